The van der Waals surface area contributed by atoms with E-state index in [0.29, 0.717) is 19.0 Å². The number of fused-ring (bicyclic) bond motifs is 1. The summed E-state index contributed by atoms with van der Waals surface area (Å²) in [6.07, 6.45) is 1.58. The molecule has 0 amide bonds. The lowest BCUT2D eigenvalue weighted by Crippen LogP contribution is -1.99. The van der Waals surface area contributed by atoms with Crippen LogP contribution in [0.25, 0.3) is 11.0 Å². The van der Waals surface area contributed by atoms with Crippen LogP contribution in [0.1, 0.15) is 0 Å². The average Bonchev–Trinajstić information content (AvgIpc) is 2.53. The summed E-state index contributed by atoms with van der Waals surface area (Å²) < 4.78 is 4.83. The van der Waals surface area contributed by atoms with E-state index in [4.69, 9.17) is 9.68 Å². The van der Waals surface area contributed by atoms with Crippen molar-refractivity contribution in [3.8, 4) is 5.75 Å². The second-order valence-corrected chi connectivity index (χ2v) is 2.28. The van der Waals surface area contributed by atoms with E-state index in [1.165, 1.54) is 0 Å². The number of rotatable bonds is 2. The summed E-state index contributed by atoms with van der Waals surface area (Å²) in [6, 6.07) is 5.43. The smallest absolute Gasteiger partial charge is 0.536 e. The normalized spacial score (nSPS) is 10.1. The van der Waals surface area contributed by atoms with Crippen molar-refractivity contribution in [3.63, 3.8) is 0 Å². The Kier molecular flexibility index (Phi) is 1.71. The number of hydrogen-bond donors (Lipinski definition) is 2. The quantitative estimate of drug-likeness (QED) is 0.629. The second kappa shape index (κ2) is 2.87. The summed E-state index contributed by atoms with van der Waals surface area (Å²) in [6.45, 7) is 0. The number of hydrogen-bond acceptors (Lipinski definition) is 3. The summed E-state index contributed by atoms with van der Waals surface area (Å²) in [5, 5.41) is 8.43. The van der Waals surface area contributed by atoms with E-state index >= 15 is 0 Å². The molecule has 0 aliphatic rings. The van der Waals surface area contributed by atoms with Gasteiger partial charge in [0.2, 0.25) is 0 Å². The van der Waals surface area contributed by atoms with Gasteiger partial charge in [0.05, 0.1) is 11.8 Å². The van der Waals surface area contributed by atoms with Crippen LogP contribution in [0.4, 0.5) is 0 Å². The molecule has 5 heteroatoms. The van der Waals surface area contributed by atoms with Gasteiger partial charge in [-0.2, -0.15) is 0 Å². The highest BCUT2D eigenvalue weighted by atomic mass is 16.5. The third kappa shape index (κ3) is 1.04. The first-order valence-corrected chi connectivity index (χ1v) is 3.46. The molecule has 0 atom stereocenters. The Morgan fingerprint density at radius 3 is 3.25 bits per heavy atom. The van der Waals surface area contributed by atoms with Crippen LogP contribution >= 0.6 is 0 Å². The number of imidazole rings is 1. The van der Waals surface area contributed by atoms with Gasteiger partial charge in [-0.15, -0.1) is 0 Å². The molecule has 1 radical (unpaired) electrons. The van der Waals surface area contributed by atoms with Gasteiger partial charge in [0.1, 0.15) is 11.3 Å². The van der Waals surface area contributed by atoms with Crippen LogP contribution in [0, 0.1) is 0 Å². The SMILES string of the molecule is O[B]Oc1cccc2[nH]cnc12. The molecular weight excluding hydrogens is 155 g/mol. The van der Waals surface area contributed by atoms with Gasteiger partial charge in [0.25, 0.3) is 0 Å². The zero-order chi connectivity index (χ0) is 8.39. The van der Waals surface area contributed by atoms with Crippen LogP contribution in [0.3, 0.4) is 0 Å². The number of benzene rings is 1. The number of para-hydroxylation sites is 1. The zero-order valence-corrected chi connectivity index (χ0v) is 6.19. The zero-order valence-electron chi connectivity index (χ0n) is 6.19. The largest absolute Gasteiger partial charge is 0.569 e. The van der Waals surface area contributed by atoms with Gasteiger partial charge in [-0.25, -0.2) is 4.98 Å². The Morgan fingerprint density at radius 2 is 2.42 bits per heavy atom. The average molecular weight is 161 g/mol. The molecule has 0 unspecified atom stereocenters. The van der Waals surface area contributed by atoms with E-state index in [1.54, 1.807) is 12.4 Å². The molecule has 0 saturated carbocycles. The monoisotopic (exact) mass is 161 g/mol. The van der Waals surface area contributed by atoms with Crippen LogP contribution in [0.15, 0.2) is 24.5 Å². The molecule has 0 bridgehead atoms. The van der Waals surface area contributed by atoms with Gasteiger partial charge in [0, 0.05) is 0 Å². The molecule has 2 N–H and O–H groups in total. The van der Waals surface area contributed by atoms with Crippen LogP contribution in [-0.4, -0.2) is 22.7 Å². The maximum atomic E-state index is 8.43. The Hall–Kier alpha value is -1.49. The van der Waals surface area contributed by atoms with Crippen LogP contribution in [0.5, 0.6) is 5.75 Å². The molecule has 12 heavy (non-hydrogen) atoms. The summed E-state index contributed by atoms with van der Waals surface area (Å²) in [5.74, 6) is 0.538. The number of aromatic amines is 1. The fraction of sp³-hybridized carbons (Fsp3) is 0. The second-order valence-electron chi connectivity index (χ2n) is 2.28. The Morgan fingerprint density at radius 1 is 1.50 bits per heavy atom. The number of H-pyrrole nitrogens is 1. The van der Waals surface area contributed by atoms with Crippen LogP contribution < -0.4 is 4.65 Å². The summed E-state index contributed by atoms with van der Waals surface area (Å²) >= 11 is 0. The van der Waals surface area contributed by atoms with Crippen molar-refractivity contribution < 1.29 is 9.68 Å². The van der Waals surface area contributed by atoms with Crippen molar-refractivity contribution in [3.05, 3.63) is 24.5 Å². The van der Waals surface area contributed by atoms with Gasteiger partial charge in [-0.1, -0.05) is 6.07 Å². The molecule has 2 aromatic rings. The maximum absolute atomic E-state index is 8.43. The molecule has 0 saturated heterocycles. The topological polar surface area (TPSA) is 58.1 Å². The minimum Gasteiger partial charge on any atom is -0.536 e. The van der Waals surface area contributed by atoms with Crippen molar-refractivity contribution in [1.29, 1.82) is 0 Å². The van der Waals surface area contributed by atoms with Crippen LogP contribution in [0.2, 0.25) is 0 Å². The van der Waals surface area contributed by atoms with E-state index in [9.17, 15) is 0 Å². The highest BCUT2D eigenvalue weighted by Crippen LogP contribution is 2.21. The van der Waals surface area contributed by atoms with Crippen molar-refractivity contribution in [2.24, 2.45) is 0 Å². The Bertz CT molecular complexity index is 388. The van der Waals surface area contributed by atoms with Crippen molar-refractivity contribution >= 4 is 18.7 Å². The molecule has 1 aromatic heterocycles. The summed E-state index contributed by atoms with van der Waals surface area (Å²) in [4.78, 5) is 6.96. The lowest BCUT2D eigenvalue weighted by molar-refractivity contribution is 0.456. The lowest BCUT2D eigenvalue weighted by atomic mass is 10.3. The fourth-order valence-corrected chi connectivity index (χ4v) is 1.09. The van der Waals surface area contributed by atoms with Gasteiger partial charge in [-0.05, 0) is 12.1 Å². The molecule has 0 spiro atoms. The van der Waals surface area contributed by atoms with Crippen LogP contribution in [-0.2, 0) is 0 Å². The lowest BCUT2D eigenvalue weighted by Gasteiger charge is -2.00. The first-order valence-electron chi connectivity index (χ1n) is 3.46. The van der Waals surface area contributed by atoms with E-state index in [-0.39, 0.29) is 0 Å². The van der Waals surface area contributed by atoms with E-state index < -0.39 is 0 Å². The first-order chi connectivity index (χ1) is 5.92. The van der Waals surface area contributed by atoms with E-state index in [2.05, 4.69) is 9.97 Å². The van der Waals surface area contributed by atoms with Crippen molar-refractivity contribution in [1.82, 2.24) is 9.97 Å². The molecule has 1 heterocycles. The summed E-state index contributed by atoms with van der Waals surface area (Å²) in [7, 11) is 0.642. The number of nitrogens with one attached hydrogen (secondary N) is 1. The predicted molar refractivity (Wildman–Crippen MR) is 44.7 cm³/mol. The number of aromatic nitrogens is 2. The first kappa shape index (κ1) is 7.18. The third-order valence-electron chi connectivity index (χ3n) is 1.59. The predicted octanol–water partition coefficient (Wildman–Crippen LogP) is 0.468. The van der Waals surface area contributed by atoms with Crippen molar-refractivity contribution in [2.45, 2.75) is 0 Å². The van der Waals surface area contributed by atoms with Gasteiger partial charge in [0.15, 0.2) is 0 Å². The molecule has 0 aliphatic carbocycles. The third-order valence-corrected chi connectivity index (χ3v) is 1.59. The van der Waals surface area contributed by atoms with Crippen molar-refractivity contribution in [2.75, 3.05) is 0 Å². The fourth-order valence-electron chi connectivity index (χ4n) is 1.09. The van der Waals surface area contributed by atoms with Gasteiger partial charge in [-0.3, -0.25) is 0 Å². The maximum Gasteiger partial charge on any atom is 0.569 e. The molecule has 1 aromatic carbocycles. The molecular formula is C7H6BN2O2. The molecule has 59 valence electrons. The highest BCUT2D eigenvalue weighted by molar-refractivity contribution is 6.17. The minimum atomic E-state index is 0.538. The van der Waals surface area contributed by atoms with E-state index in [0.717, 1.165) is 5.52 Å². The highest BCUT2D eigenvalue weighted by Gasteiger charge is 2.02. The van der Waals surface area contributed by atoms with E-state index in [1.807, 2.05) is 12.1 Å². The number of nitrogens with zero attached hydrogens (tertiary/aromatic N) is 1. The van der Waals surface area contributed by atoms with Gasteiger partial charge >= 0.3 is 7.69 Å². The Balaban J connectivity index is 2.57. The molecule has 2 rings (SSSR count). The van der Waals surface area contributed by atoms with Gasteiger partial charge < -0.3 is 14.7 Å². The summed E-state index contributed by atoms with van der Waals surface area (Å²) in [5.41, 5.74) is 1.59. The molecule has 0 aliphatic heterocycles. The molecule has 4 nitrogen and oxygen atoms in total. The Labute approximate surface area is 69.5 Å². The molecule has 0 fully saturated rings. The standard InChI is InChI=1S/C7H6BN2O2/c11-8-12-6-3-1-2-5-7(6)10-4-9-5/h1-4,11H,(H,9,10). The minimum absolute atomic E-state index is 0.538.